The van der Waals surface area contributed by atoms with E-state index in [-0.39, 0.29) is 29.7 Å². The lowest BCUT2D eigenvalue weighted by Gasteiger charge is -2.29. The summed E-state index contributed by atoms with van der Waals surface area (Å²) in [5, 5.41) is -0.916. The van der Waals surface area contributed by atoms with Gasteiger partial charge in [0.15, 0.2) is 5.38 Å². The Morgan fingerprint density at radius 1 is 1.14 bits per heavy atom. The molecular weight excluding hydrogens is 292 g/mol. The Kier molecular flexibility index (Phi) is 4.60. The van der Waals surface area contributed by atoms with Gasteiger partial charge in [-0.15, -0.1) is 11.6 Å². The number of carbonyl (C=O) groups excluding carboxylic acids is 2. The number of halogens is 1. The van der Waals surface area contributed by atoms with Crippen molar-refractivity contribution < 1.29 is 14.3 Å². The molecule has 6 heteroatoms. The summed E-state index contributed by atoms with van der Waals surface area (Å²) >= 11 is 6.14. The number of carbonyl (C=O) groups is 2. The van der Waals surface area contributed by atoms with Crippen molar-refractivity contribution >= 4 is 29.1 Å². The fourth-order valence-corrected chi connectivity index (χ4v) is 3.66. The zero-order valence-electron chi connectivity index (χ0n) is 12.1. The average Bonchev–Trinajstić information content (AvgIpc) is 3.08. The van der Waals surface area contributed by atoms with Crippen LogP contribution in [-0.4, -0.2) is 53.1 Å². The standard InChI is InChI=1S/C15H21ClN2O3/c16-12-13(17-9-11-7-4-8-21-11)15(20)18(14(12)19)10-5-2-1-3-6-10/h10-12H,1-9H2/t11-,12?/m0/s1. The topological polar surface area (TPSA) is 59.0 Å². The Morgan fingerprint density at radius 3 is 2.57 bits per heavy atom. The first kappa shape index (κ1) is 15.0. The normalized spacial score (nSPS) is 33.4. The monoisotopic (exact) mass is 312 g/mol. The van der Waals surface area contributed by atoms with Gasteiger partial charge in [-0.1, -0.05) is 19.3 Å². The van der Waals surface area contributed by atoms with Crippen LogP contribution in [0, 0.1) is 0 Å². The Balaban J connectivity index is 1.71. The van der Waals surface area contributed by atoms with E-state index in [1.165, 1.54) is 11.3 Å². The Hall–Kier alpha value is -0.940. The quantitative estimate of drug-likeness (QED) is 0.591. The Morgan fingerprint density at radius 2 is 1.90 bits per heavy atom. The first-order valence-corrected chi connectivity index (χ1v) is 8.29. The molecule has 2 atom stereocenters. The second-order valence-electron chi connectivity index (χ2n) is 6.03. The van der Waals surface area contributed by atoms with Crippen molar-refractivity contribution in [2.24, 2.45) is 4.99 Å². The first-order valence-electron chi connectivity index (χ1n) is 7.86. The zero-order chi connectivity index (χ0) is 14.8. The van der Waals surface area contributed by atoms with Crippen molar-refractivity contribution in [2.45, 2.75) is 62.5 Å². The van der Waals surface area contributed by atoms with Gasteiger partial charge in [-0.3, -0.25) is 19.5 Å². The van der Waals surface area contributed by atoms with Crippen molar-refractivity contribution in [3.63, 3.8) is 0 Å². The summed E-state index contributed by atoms with van der Waals surface area (Å²) in [5.41, 5.74) is 0.211. The van der Waals surface area contributed by atoms with Gasteiger partial charge in [0, 0.05) is 12.6 Å². The second kappa shape index (κ2) is 6.44. The Bertz CT molecular complexity index is 454. The Labute approximate surface area is 129 Å². The molecule has 116 valence electrons. The predicted octanol–water partition coefficient (Wildman–Crippen LogP) is 1.92. The van der Waals surface area contributed by atoms with E-state index in [2.05, 4.69) is 4.99 Å². The van der Waals surface area contributed by atoms with E-state index in [9.17, 15) is 9.59 Å². The molecular formula is C15H21ClN2O3. The molecule has 21 heavy (non-hydrogen) atoms. The van der Waals surface area contributed by atoms with Crippen LogP contribution in [0.4, 0.5) is 0 Å². The molecule has 2 amide bonds. The fourth-order valence-electron chi connectivity index (χ4n) is 3.39. The minimum Gasteiger partial charge on any atom is -0.376 e. The van der Waals surface area contributed by atoms with Crippen LogP contribution in [-0.2, 0) is 14.3 Å². The third-order valence-corrected chi connectivity index (χ3v) is 4.95. The minimum atomic E-state index is -0.916. The number of likely N-dealkylation sites (tertiary alicyclic amines) is 1. The van der Waals surface area contributed by atoms with Crippen molar-refractivity contribution in [1.29, 1.82) is 0 Å². The van der Waals surface area contributed by atoms with E-state index in [4.69, 9.17) is 16.3 Å². The number of rotatable bonds is 3. The summed E-state index contributed by atoms with van der Waals surface area (Å²) in [5.74, 6) is -0.579. The lowest BCUT2D eigenvalue weighted by molar-refractivity contribution is -0.140. The van der Waals surface area contributed by atoms with E-state index in [0.717, 1.165) is 45.1 Å². The van der Waals surface area contributed by atoms with Crippen molar-refractivity contribution in [2.75, 3.05) is 13.2 Å². The number of hydrogen-bond donors (Lipinski definition) is 0. The van der Waals surface area contributed by atoms with Gasteiger partial charge in [0.05, 0.1) is 12.6 Å². The van der Waals surface area contributed by atoms with Crippen molar-refractivity contribution in [3.8, 4) is 0 Å². The van der Waals surface area contributed by atoms with Gasteiger partial charge in [-0.05, 0) is 25.7 Å². The highest BCUT2D eigenvalue weighted by molar-refractivity contribution is 6.63. The van der Waals surface area contributed by atoms with Gasteiger partial charge >= 0.3 is 0 Å². The molecule has 1 saturated carbocycles. The van der Waals surface area contributed by atoms with Crippen LogP contribution >= 0.6 is 11.6 Å². The molecule has 2 saturated heterocycles. The summed E-state index contributed by atoms with van der Waals surface area (Å²) in [6.45, 7) is 1.18. The summed E-state index contributed by atoms with van der Waals surface area (Å²) in [6, 6.07) is 0.00966. The number of ether oxygens (including phenoxy) is 1. The molecule has 2 aliphatic heterocycles. The number of aliphatic imine (C=N–C) groups is 1. The molecule has 0 bridgehead atoms. The van der Waals surface area contributed by atoms with Gasteiger partial charge in [0.2, 0.25) is 0 Å². The van der Waals surface area contributed by atoms with E-state index >= 15 is 0 Å². The molecule has 0 spiro atoms. The molecule has 0 radical (unpaired) electrons. The van der Waals surface area contributed by atoms with Gasteiger partial charge < -0.3 is 4.74 Å². The maximum Gasteiger partial charge on any atom is 0.276 e. The molecule has 0 aromatic carbocycles. The smallest absolute Gasteiger partial charge is 0.276 e. The minimum absolute atomic E-state index is 0.00966. The number of alkyl halides is 1. The maximum atomic E-state index is 12.5. The largest absolute Gasteiger partial charge is 0.376 e. The third-order valence-electron chi connectivity index (χ3n) is 4.56. The molecule has 1 aliphatic carbocycles. The summed E-state index contributed by atoms with van der Waals surface area (Å²) in [4.78, 5) is 30.4. The van der Waals surface area contributed by atoms with Crippen LogP contribution in [0.25, 0.3) is 0 Å². The summed E-state index contributed by atoms with van der Waals surface area (Å²) < 4.78 is 5.49. The molecule has 0 aromatic rings. The lowest BCUT2D eigenvalue weighted by atomic mass is 9.94. The number of hydrogen-bond acceptors (Lipinski definition) is 4. The van der Waals surface area contributed by atoms with Crippen LogP contribution < -0.4 is 0 Å². The van der Waals surface area contributed by atoms with Crippen LogP contribution in [0.15, 0.2) is 4.99 Å². The lowest BCUT2D eigenvalue weighted by Crippen LogP contribution is -2.42. The van der Waals surface area contributed by atoms with Gasteiger partial charge in [0.1, 0.15) is 5.71 Å². The van der Waals surface area contributed by atoms with Gasteiger partial charge in [-0.25, -0.2) is 0 Å². The highest BCUT2D eigenvalue weighted by atomic mass is 35.5. The average molecular weight is 313 g/mol. The highest BCUT2D eigenvalue weighted by Crippen LogP contribution is 2.28. The number of imide groups is 1. The predicted molar refractivity (Wildman–Crippen MR) is 79.6 cm³/mol. The van der Waals surface area contributed by atoms with Crippen LogP contribution in [0.5, 0.6) is 0 Å². The van der Waals surface area contributed by atoms with Crippen molar-refractivity contribution in [1.82, 2.24) is 4.90 Å². The SMILES string of the molecule is O=C1C(=NC[C@@H]2CCCO2)C(Cl)C(=O)N1C1CCCCC1. The number of nitrogens with zero attached hydrogens (tertiary/aromatic N) is 2. The molecule has 3 rings (SSSR count). The molecule has 3 fully saturated rings. The van der Waals surface area contributed by atoms with E-state index < -0.39 is 5.38 Å². The van der Waals surface area contributed by atoms with Crippen LogP contribution in [0.3, 0.4) is 0 Å². The molecule has 2 heterocycles. The molecule has 0 aromatic heterocycles. The van der Waals surface area contributed by atoms with Crippen LogP contribution in [0.2, 0.25) is 0 Å². The zero-order valence-corrected chi connectivity index (χ0v) is 12.8. The van der Waals surface area contributed by atoms with Crippen molar-refractivity contribution in [3.05, 3.63) is 0 Å². The highest BCUT2D eigenvalue weighted by Gasteiger charge is 2.46. The van der Waals surface area contributed by atoms with Crippen LogP contribution in [0.1, 0.15) is 44.9 Å². The third kappa shape index (κ3) is 2.99. The molecule has 0 N–H and O–H groups in total. The summed E-state index contributed by atoms with van der Waals surface area (Å²) in [6.07, 6.45) is 7.14. The van der Waals surface area contributed by atoms with E-state index in [0.29, 0.717) is 6.54 Å². The van der Waals surface area contributed by atoms with Gasteiger partial charge in [0.25, 0.3) is 11.8 Å². The van der Waals surface area contributed by atoms with E-state index in [1.807, 2.05) is 0 Å². The van der Waals surface area contributed by atoms with Gasteiger partial charge in [-0.2, -0.15) is 0 Å². The first-order chi connectivity index (χ1) is 10.2. The molecule has 3 aliphatic rings. The second-order valence-corrected chi connectivity index (χ2v) is 6.47. The fraction of sp³-hybridized carbons (Fsp3) is 0.800. The molecule has 1 unspecified atom stereocenters. The summed E-state index contributed by atoms with van der Waals surface area (Å²) in [7, 11) is 0. The number of amides is 2. The van der Waals surface area contributed by atoms with E-state index in [1.54, 1.807) is 0 Å². The molecule has 5 nitrogen and oxygen atoms in total. The maximum absolute atomic E-state index is 12.5.